The summed E-state index contributed by atoms with van der Waals surface area (Å²) >= 11 is 3.58. The summed E-state index contributed by atoms with van der Waals surface area (Å²) in [5, 5.41) is 8.96. The van der Waals surface area contributed by atoms with Gasteiger partial charge in [-0.05, 0) is 34.2 Å². The van der Waals surface area contributed by atoms with Crippen LogP contribution in [0.1, 0.15) is 32.8 Å². The first-order valence-corrected chi connectivity index (χ1v) is 7.93. The Labute approximate surface area is 112 Å². The number of amidine groups is 1. The molecule has 1 fully saturated rings. The van der Waals surface area contributed by atoms with E-state index in [4.69, 9.17) is 0 Å². The molecular formula is C13H20N2S2. The molecular weight excluding hydrogens is 248 g/mol. The van der Waals surface area contributed by atoms with Gasteiger partial charge in [0.15, 0.2) is 5.17 Å². The minimum atomic E-state index is 0.310. The first kappa shape index (κ1) is 13.0. The molecule has 1 unspecified atom stereocenters. The number of rotatable bonds is 2. The van der Waals surface area contributed by atoms with Gasteiger partial charge in [-0.15, -0.1) is 0 Å². The highest BCUT2D eigenvalue weighted by atomic mass is 32.2. The van der Waals surface area contributed by atoms with Crippen molar-refractivity contribution in [2.75, 3.05) is 5.75 Å². The van der Waals surface area contributed by atoms with Crippen LogP contribution in [-0.2, 0) is 6.54 Å². The summed E-state index contributed by atoms with van der Waals surface area (Å²) in [6.07, 6.45) is 1.23. The Morgan fingerprint density at radius 1 is 1.47 bits per heavy atom. The van der Waals surface area contributed by atoms with Gasteiger partial charge in [-0.1, -0.05) is 32.5 Å². The zero-order chi connectivity index (χ0) is 12.3. The quantitative estimate of drug-likeness (QED) is 0.883. The standard InChI is InChI=1S/C13H20N2S2/c1-13(2,3)11-5-7-17-12(15-11)14-8-10-4-6-16-9-10/h4,6,9,11H,5,7-8H2,1-3H3,(H,14,15). The SMILES string of the molecule is CC(C)(C)C1CCSC(=NCc2ccsc2)N1. The average Bonchev–Trinajstić information content (AvgIpc) is 2.78. The molecule has 1 N–H and O–H groups in total. The van der Waals surface area contributed by atoms with Gasteiger partial charge in [0.2, 0.25) is 0 Å². The number of nitrogens with zero attached hydrogens (tertiary/aromatic N) is 1. The molecule has 0 saturated carbocycles. The Kier molecular flexibility index (Phi) is 4.15. The first-order chi connectivity index (χ1) is 8.05. The summed E-state index contributed by atoms with van der Waals surface area (Å²) < 4.78 is 0. The molecule has 0 bridgehead atoms. The van der Waals surface area contributed by atoms with Crippen LogP contribution < -0.4 is 5.32 Å². The van der Waals surface area contributed by atoms with Crippen LogP contribution in [0.4, 0.5) is 0 Å². The summed E-state index contributed by atoms with van der Waals surface area (Å²) in [5.74, 6) is 1.18. The molecule has 1 aliphatic heterocycles. The van der Waals surface area contributed by atoms with Crippen molar-refractivity contribution >= 4 is 28.3 Å². The third kappa shape index (κ3) is 3.75. The van der Waals surface area contributed by atoms with E-state index < -0.39 is 0 Å². The normalized spacial score (nSPS) is 23.7. The highest BCUT2D eigenvalue weighted by Gasteiger charge is 2.28. The van der Waals surface area contributed by atoms with E-state index in [1.807, 2.05) is 11.8 Å². The van der Waals surface area contributed by atoms with Gasteiger partial charge >= 0.3 is 0 Å². The molecule has 1 aromatic rings. The van der Waals surface area contributed by atoms with E-state index in [1.54, 1.807) is 11.3 Å². The van der Waals surface area contributed by atoms with E-state index in [-0.39, 0.29) is 0 Å². The second kappa shape index (κ2) is 5.44. The highest BCUT2D eigenvalue weighted by molar-refractivity contribution is 8.13. The maximum absolute atomic E-state index is 4.66. The fourth-order valence-electron chi connectivity index (χ4n) is 1.82. The third-order valence-electron chi connectivity index (χ3n) is 2.97. The molecule has 1 aliphatic rings. The topological polar surface area (TPSA) is 24.4 Å². The molecule has 0 aromatic carbocycles. The van der Waals surface area contributed by atoms with Gasteiger partial charge in [-0.25, -0.2) is 0 Å². The van der Waals surface area contributed by atoms with E-state index in [0.717, 1.165) is 11.7 Å². The predicted molar refractivity (Wildman–Crippen MR) is 78.9 cm³/mol. The zero-order valence-electron chi connectivity index (χ0n) is 10.7. The van der Waals surface area contributed by atoms with Crippen molar-refractivity contribution in [2.45, 2.75) is 39.8 Å². The van der Waals surface area contributed by atoms with Gasteiger partial charge in [0.25, 0.3) is 0 Å². The third-order valence-corrected chi connectivity index (χ3v) is 4.67. The van der Waals surface area contributed by atoms with Crippen molar-refractivity contribution in [3.05, 3.63) is 22.4 Å². The Bertz CT molecular complexity index is 377. The Hall–Kier alpha value is -0.480. The zero-order valence-corrected chi connectivity index (χ0v) is 12.3. The lowest BCUT2D eigenvalue weighted by Gasteiger charge is -2.35. The molecule has 94 valence electrons. The van der Waals surface area contributed by atoms with Crippen LogP contribution in [0.25, 0.3) is 0 Å². The second-order valence-electron chi connectivity index (χ2n) is 5.45. The molecule has 0 radical (unpaired) electrons. The lowest BCUT2D eigenvalue weighted by molar-refractivity contribution is 0.290. The van der Waals surface area contributed by atoms with Crippen molar-refractivity contribution < 1.29 is 0 Å². The van der Waals surface area contributed by atoms with Crippen LogP contribution in [0.15, 0.2) is 21.8 Å². The molecule has 17 heavy (non-hydrogen) atoms. The van der Waals surface area contributed by atoms with Crippen LogP contribution >= 0.6 is 23.1 Å². The highest BCUT2D eigenvalue weighted by Crippen LogP contribution is 2.27. The number of nitrogens with one attached hydrogen (secondary N) is 1. The van der Waals surface area contributed by atoms with Gasteiger partial charge < -0.3 is 5.32 Å². The number of thioether (sulfide) groups is 1. The molecule has 2 nitrogen and oxygen atoms in total. The summed E-state index contributed by atoms with van der Waals surface area (Å²) in [4.78, 5) is 4.66. The van der Waals surface area contributed by atoms with Crippen LogP contribution in [-0.4, -0.2) is 17.0 Å². The lowest BCUT2D eigenvalue weighted by Crippen LogP contribution is -2.46. The molecule has 4 heteroatoms. The van der Waals surface area contributed by atoms with Gasteiger partial charge in [-0.3, -0.25) is 4.99 Å². The van der Waals surface area contributed by atoms with Crippen LogP contribution in [0.5, 0.6) is 0 Å². The van der Waals surface area contributed by atoms with Gasteiger partial charge in [0.1, 0.15) is 0 Å². The molecule has 1 aromatic heterocycles. The lowest BCUT2D eigenvalue weighted by atomic mass is 9.85. The number of thiophene rings is 1. The summed E-state index contributed by atoms with van der Waals surface area (Å²) in [7, 11) is 0. The number of hydrogen-bond acceptors (Lipinski definition) is 3. The molecule has 2 heterocycles. The summed E-state index contributed by atoms with van der Waals surface area (Å²) in [6, 6.07) is 2.69. The van der Waals surface area contributed by atoms with Crippen LogP contribution in [0.2, 0.25) is 0 Å². The predicted octanol–water partition coefficient (Wildman–Crippen LogP) is 3.75. The van der Waals surface area contributed by atoms with Crippen LogP contribution in [0, 0.1) is 5.41 Å². The van der Waals surface area contributed by atoms with Crippen molar-refractivity contribution in [2.24, 2.45) is 10.4 Å². The Balaban J connectivity index is 1.95. The maximum atomic E-state index is 4.66. The fraction of sp³-hybridized carbons (Fsp3) is 0.615. The minimum Gasteiger partial charge on any atom is -0.362 e. The van der Waals surface area contributed by atoms with Crippen LogP contribution in [0.3, 0.4) is 0 Å². The monoisotopic (exact) mass is 268 g/mol. The Morgan fingerprint density at radius 3 is 2.94 bits per heavy atom. The van der Waals surface area contributed by atoms with Crippen molar-refractivity contribution in [3.8, 4) is 0 Å². The summed E-state index contributed by atoms with van der Waals surface area (Å²) in [5.41, 5.74) is 1.62. The van der Waals surface area contributed by atoms with Gasteiger partial charge in [-0.2, -0.15) is 11.3 Å². The van der Waals surface area contributed by atoms with Crippen molar-refractivity contribution in [1.29, 1.82) is 0 Å². The van der Waals surface area contributed by atoms with E-state index >= 15 is 0 Å². The molecule has 0 amide bonds. The van der Waals surface area contributed by atoms with E-state index in [1.165, 1.54) is 17.7 Å². The molecule has 1 atom stereocenters. The van der Waals surface area contributed by atoms with Crippen molar-refractivity contribution in [3.63, 3.8) is 0 Å². The molecule has 0 aliphatic carbocycles. The number of aliphatic imine (C=N–C) groups is 1. The minimum absolute atomic E-state index is 0.310. The Morgan fingerprint density at radius 2 is 2.29 bits per heavy atom. The smallest absolute Gasteiger partial charge is 0.157 e. The van der Waals surface area contributed by atoms with E-state index in [2.05, 4.69) is 47.9 Å². The molecule has 1 saturated heterocycles. The van der Waals surface area contributed by atoms with E-state index in [0.29, 0.717) is 11.5 Å². The first-order valence-electron chi connectivity index (χ1n) is 6.00. The molecule has 0 spiro atoms. The van der Waals surface area contributed by atoms with Crippen molar-refractivity contribution in [1.82, 2.24) is 5.32 Å². The van der Waals surface area contributed by atoms with Gasteiger partial charge in [0.05, 0.1) is 6.54 Å². The maximum Gasteiger partial charge on any atom is 0.157 e. The molecule has 2 rings (SSSR count). The van der Waals surface area contributed by atoms with Gasteiger partial charge in [0, 0.05) is 11.8 Å². The summed E-state index contributed by atoms with van der Waals surface area (Å²) in [6.45, 7) is 7.67. The average molecular weight is 268 g/mol. The fourth-order valence-corrected chi connectivity index (χ4v) is 3.41. The van der Waals surface area contributed by atoms with E-state index in [9.17, 15) is 0 Å². The second-order valence-corrected chi connectivity index (χ2v) is 7.32. The number of hydrogen-bond donors (Lipinski definition) is 1. The largest absolute Gasteiger partial charge is 0.362 e.